The van der Waals surface area contributed by atoms with Crippen molar-refractivity contribution in [3.63, 3.8) is 0 Å². The van der Waals surface area contributed by atoms with Crippen molar-refractivity contribution in [2.75, 3.05) is 13.2 Å². The molecule has 0 saturated carbocycles. The molecule has 0 amide bonds. The van der Waals surface area contributed by atoms with Crippen molar-refractivity contribution in [1.82, 2.24) is 0 Å². The highest BCUT2D eigenvalue weighted by Crippen LogP contribution is 2.25. The van der Waals surface area contributed by atoms with Crippen molar-refractivity contribution in [1.29, 1.82) is 0 Å². The van der Waals surface area contributed by atoms with E-state index < -0.39 is 8.25 Å². The first-order valence-corrected chi connectivity index (χ1v) is 14.6. The molecule has 180 valence electrons. The molecule has 0 aliphatic heterocycles. The summed E-state index contributed by atoms with van der Waals surface area (Å²) in [6, 6.07) is 0. The lowest BCUT2D eigenvalue weighted by Gasteiger charge is -2.02. The molecule has 0 fully saturated rings. The van der Waals surface area contributed by atoms with E-state index in [0.29, 0.717) is 13.2 Å². The monoisotopic (exact) mass is 445 g/mol. The van der Waals surface area contributed by atoms with Gasteiger partial charge in [0.2, 0.25) is 0 Å². The van der Waals surface area contributed by atoms with Gasteiger partial charge >= 0.3 is 8.25 Å². The van der Waals surface area contributed by atoms with Crippen molar-refractivity contribution in [2.45, 2.75) is 155 Å². The molecule has 0 spiro atoms. The van der Waals surface area contributed by atoms with Gasteiger partial charge in [-0.2, -0.15) is 0 Å². The predicted molar refractivity (Wildman–Crippen MR) is 132 cm³/mol. The number of unbranched alkanes of at least 4 members (excludes halogenated alkanes) is 20. The Bertz CT molecular complexity index is 306. The SMILES string of the molecule is CCCCCCCCCCCCCO[P+](=O)OCCCCCCCCCCCCC. The van der Waals surface area contributed by atoms with E-state index in [1.165, 1.54) is 128 Å². The van der Waals surface area contributed by atoms with E-state index in [2.05, 4.69) is 13.8 Å². The third-order valence-electron chi connectivity index (χ3n) is 5.89. The Hall–Kier alpha value is 0.0200. The van der Waals surface area contributed by atoms with Gasteiger partial charge < -0.3 is 0 Å². The lowest BCUT2D eigenvalue weighted by atomic mass is 10.1. The predicted octanol–water partition coefficient (Wildman–Crippen LogP) is 10.3. The molecule has 0 aromatic carbocycles. The number of rotatable bonds is 26. The number of hydrogen-bond acceptors (Lipinski definition) is 3. The van der Waals surface area contributed by atoms with E-state index in [4.69, 9.17) is 9.05 Å². The summed E-state index contributed by atoms with van der Waals surface area (Å²) in [6.45, 7) is 5.69. The van der Waals surface area contributed by atoms with Crippen LogP contribution in [0.15, 0.2) is 0 Å². The fourth-order valence-electron chi connectivity index (χ4n) is 3.85. The Labute approximate surface area is 190 Å². The molecule has 0 aromatic heterocycles. The van der Waals surface area contributed by atoms with E-state index in [-0.39, 0.29) is 0 Å². The van der Waals surface area contributed by atoms with Crippen LogP contribution in [0.25, 0.3) is 0 Å². The topological polar surface area (TPSA) is 35.5 Å². The summed E-state index contributed by atoms with van der Waals surface area (Å²) in [5.74, 6) is 0. The van der Waals surface area contributed by atoms with Crippen LogP contribution < -0.4 is 0 Å². The molecule has 0 atom stereocenters. The maximum Gasteiger partial charge on any atom is 0.697 e. The molecule has 3 nitrogen and oxygen atoms in total. The summed E-state index contributed by atoms with van der Waals surface area (Å²) in [5.41, 5.74) is 0. The van der Waals surface area contributed by atoms with Crippen molar-refractivity contribution >= 4 is 8.25 Å². The minimum atomic E-state index is -1.91. The van der Waals surface area contributed by atoms with Crippen LogP contribution in [0.4, 0.5) is 0 Å². The Kier molecular flexibility index (Phi) is 27.1. The average molecular weight is 446 g/mol. The van der Waals surface area contributed by atoms with E-state index >= 15 is 0 Å². The zero-order valence-corrected chi connectivity index (χ0v) is 21.5. The second-order valence-electron chi connectivity index (χ2n) is 8.96. The maximum atomic E-state index is 11.7. The third kappa shape index (κ3) is 26.1. The Morgan fingerprint density at radius 2 is 0.633 bits per heavy atom. The molecular weight excluding hydrogens is 391 g/mol. The van der Waals surface area contributed by atoms with Gasteiger partial charge in [0.25, 0.3) is 0 Å². The zero-order valence-electron chi connectivity index (χ0n) is 20.6. The van der Waals surface area contributed by atoms with Gasteiger partial charge in [-0.25, -0.2) is 0 Å². The Morgan fingerprint density at radius 1 is 0.400 bits per heavy atom. The van der Waals surface area contributed by atoms with Gasteiger partial charge in [-0.1, -0.05) is 142 Å². The van der Waals surface area contributed by atoms with E-state index in [0.717, 1.165) is 12.8 Å². The minimum Gasteiger partial charge on any atom is -0.119 e. The summed E-state index contributed by atoms with van der Waals surface area (Å²) in [5, 5.41) is 0. The summed E-state index contributed by atoms with van der Waals surface area (Å²) < 4.78 is 22.3. The van der Waals surface area contributed by atoms with Gasteiger partial charge in [-0.15, -0.1) is 9.05 Å². The van der Waals surface area contributed by atoms with Crippen LogP contribution in [0.2, 0.25) is 0 Å². The molecule has 0 aromatic rings. The van der Waals surface area contributed by atoms with Gasteiger partial charge in [0.15, 0.2) is 0 Å². The molecule has 0 radical (unpaired) electrons. The first-order chi connectivity index (χ1) is 14.8. The average Bonchev–Trinajstić information content (AvgIpc) is 2.75. The Balaban J connectivity index is 3.14. The van der Waals surface area contributed by atoms with Crippen molar-refractivity contribution in [2.24, 2.45) is 0 Å². The highest BCUT2D eigenvalue weighted by atomic mass is 31.1. The van der Waals surface area contributed by atoms with Crippen LogP contribution in [-0.2, 0) is 13.6 Å². The first-order valence-electron chi connectivity index (χ1n) is 13.5. The first kappa shape index (κ1) is 30.0. The lowest BCUT2D eigenvalue weighted by Crippen LogP contribution is -1.92. The van der Waals surface area contributed by atoms with Crippen LogP contribution in [0.1, 0.15) is 155 Å². The Morgan fingerprint density at radius 3 is 0.900 bits per heavy atom. The fraction of sp³-hybridized carbons (Fsp3) is 1.00. The smallest absolute Gasteiger partial charge is 0.119 e. The summed E-state index contributed by atoms with van der Waals surface area (Å²) in [4.78, 5) is 0. The van der Waals surface area contributed by atoms with Gasteiger partial charge in [0, 0.05) is 4.57 Å². The molecule has 0 aliphatic carbocycles. The molecule has 30 heavy (non-hydrogen) atoms. The van der Waals surface area contributed by atoms with E-state index in [1.54, 1.807) is 0 Å². The van der Waals surface area contributed by atoms with Gasteiger partial charge in [0.05, 0.1) is 0 Å². The van der Waals surface area contributed by atoms with Gasteiger partial charge in [-0.3, -0.25) is 0 Å². The summed E-state index contributed by atoms with van der Waals surface area (Å²) >= 11 is 0. The largest absolute Gasteiger partial charge is 0.697 e. The van der Waals surface area contributed by atoms with E-state index in [1.807, 2.05) is 0 Å². The summed E-state index contributed by atoms with van der Waals surface area (Å²) in [6.07, 6.45) is 29.0. The molecular formula is C26H54O3P+. The molecule has 0 aliphatic rings. The summed E-state index contributed by atoms with van der Waals surface area (Å²) in [7, 11) is -1.91. The zero-order chi connectivity index (χ0) is 22.0. The van der Waals surface area contributed by atoms with Gasteiger partial charge in [-0.05, 0) is 12.8 Å². The van der Waals surface area contributed by atoms with Gasteiger partial charge in [0.1, 0.15) is 13.2 Å². The molecule has 0 unspecified atom stereocenters. The molecule has 4 heteroatoms. The quantitative estimate of drug-likeness (QED) is 0.0981. The van der Waals surface area contributed by atoms with Crippen LogP contribution in [0.5, 0.6) is 0 Å². The van der Waals surface area contributed by atoms with Crippen molar-refractivity contribution in [3.05, 3.63) is 0 Å². The normalized spacial score (nSPS) is 11.3. The van der Waals surface area contributed by atoms with Crippen LogP contribution in [-0.4, -0.2) is 13.2 Å². The molecule has 0 saturated heterocycles. The second kappa shape index (κ2) is 27.1. The van der Waals surface area contributed by atoms with Crippen LogP contribution >= 0.6 is 8.25 Å². The maximum absolute atomic E-state index is 11.7. The molecule has 0 rings (SSSR count). The van der Waals surface area contributed by atoms with Crippen LogP contribution in [0.3, 0.4) is 0 Å². The fourth-order valence-corrected chi connectivity index (χ4v) is 4.48. The lowest BCUT2D eigenvalue weighted by molar-refractivity contribution is 0.218. The van der Waals surface area contributed by atoms with Crippen molar-refractivity contribution < 1.29 is 13.6 Å². The standard InChI is InChI=1S/C26H54O3P/c1-3-5-7-9-11-13-15-17-19-21-23-25-28-30(27)29-26-24-22-20-18-16-14-12-10-8-6-4-2/h3-26H2,1-2H3/q+1. The van der Waals surface area contributed by atoms with Crippen LogP contribution in [0, 0.1) is 0 Å². The van der Waals surface area contributed by atoms with E-state index in [9.17, 15) is 4.57 Å². The number of hydrogen-bond donors (Lipinski definition) is 0. The molecule has 0 N–H and O–H groups in total. The second-order valence-corrected chi connectivity index (χ2v) is 9.92. The third-order valence-corrected chi connectivity index (χ3v) is 6.68. The van der Waals surface area contributed by atoms with Crippen molar-refractivity contribution in [3.8, 4) is 0 Å². The minimum absolute atomic E-state index is 0.574. The molecule has 0 heterocycles. The molecule has 0 bridgehead atoms. The highest BCUT2D eigenvalue weighted by Gasteiger charge is 2.18. The highest BCUT2D eigenvalue weighted by molar-refractivity contribution is 7.33.